The summed E-state index contributed by atoms with van der Waals surface area (Å²) in [5, 5.41) is 18.1. The Morgan fingerprint density at radius 2 is 2.11 bits per heavy atom. The van der Waals surface area contributed by atoms with E-state index in [0.29, 0.717) is 12.2 Å². The third-order valence-electron chi connectivity index (χ3n) is 3.38. The summed E-state index contributed by atoms with van der Waals surface area (Å²) in [7, 11) is 1.50. The Morgan fingerprint density at radius 1 is 1.39 bits per heavy atom. The zero-order valence-electron chi connectivity index (χ0n) is 9.92. The van der Waals surface area contributed by atoms with E-state index >= 15 is 0 Å². The Labute approximate surface area is 104 Å². The molecule has 0 saturated heterocycles. The first-order chi connectivity index (χ1) is 8.54. The van der Waals surface area contributed by atoms with Gasteiger partial charge >= 0.3 is 11.9 Å². The molecule has 2 N–H and O–H groups in total. The van der Waals surface area contributed by atoms with Crippen molar-refractivity contribution in [3.8, 4) is 5.75 Å². The van der Waals surface area contributed by atoms with Gasteiger partial charge in [0.1, 0.15) is 5.75 Å². The van der Waals surface area contributed by atoms with Gasteiger partial charge < -0.3 is 14.9 Å². The van der Waals surface area contributed by atoms with E-state index in [1.165, 1.54) is 7.11 Å². The van der Waals surface area contributed by atoms with Gasteiger partial charge in [0.2, 0.25) is 0 Å². The van der Waals surface area contributed by atoms with Gasteiger partial charge in [-0.15, -0.1) is 0 Å². The van der Waals surface area contributed by atoms with E-state index in [-0.39, 0.29) is 6.42 Å². The SMILES string of the molecule is COc1cccc2c1C(CC(=O)O)C(C(=O)O)C2. The molecule has 2 unspecified atom stereocenters. The Kier molecular flexibility index (Phi) is 3.23. The largest absolute Gasteiger partial charge is 0.496 e. The lowest BCUT2D eigenvalue weighted by Gasteiger charge is -2.16. The standard InChI is InChI=1S/C13H14O5/c1-18-10-4-2-3-7-5-9(13(16)17)8(12(7)10)6-11(14)15/h2-4,8-9H,5-6H2,1H3,(H,14,15)(H,16,17). The highest BCUT2D eigenvalue weighted by Crippen LogP contribution is 2.44. The molecule has 0 amide bonds. The summed E-state index contributed by atoms with van der Waals surface area (Å²) < 4.78 is 5.21. The molecule has 5 nitrogen and oxygen atoms in total. The van der Waals surface area contributed by atoms with Crippen LogP contribution in [0.1, 0.15) is 23.5 Å². The van der Waals surface area contributed by atoms with Crippen LogP contribution in [-0.2, 0) is 16.0 Å². The van der Waals surface area contributed by atoms with Crippen molar-refractivity contribution in [1.82, 2.24) is 0 Å². The highest BCUT2D eigenvalue weighted by atomic mass is 16.5. The molecule has 0 aliphatic heterocycles. The van der Waals surface area contributed by atoms with Gasteiger partial charge in [0, 0.05) is 11.5 Å². The van der Waals surface area contributed by atoms with Crippen molar-refractivity contribution in [1.29, 1.82) is 0 Å². The van der Waals surface area contributed by atoms with Gasteiger partial charge in [0.05, 0.1) is 19.4 Å². The molecule has 96 valence electrons. The number of carbonyl (C=O) groups is 2. The molecule has 0 radical (unpaired) electrons. The van der Waals surface area contributed by atoms with Crippen LogP contribution in [0.5, 0.6) is 5.75 Å². The minimum atomic E-state index is -0.995. The van der Waals surface area contributed by atoms with Crippen molar-refractivity contribution in [2.45, 2.75) is 18.8 Å². The van der Waals surface area contributed by atoms with E-state index < -0.39 is 23.8 Å². The van der Waals surface area contributed by atoms with Crippen molar-refractivity contribution >= 4 is 11.9 Å². The van der Waals surface area contributed by atoms with E-state index in [9.17, 15) is 14.7 Å². The summed E-state index contributed by atoms with van der Waals surface area (Å²) in [6.07, 6.45) is 0.171. The second kappa shape index (κ2) is 4.68. The second-order valence-electron chi connectivity index (χ2n) is 4.39. The molecular weight excluding hydrogens is 236 g/mol. The van der Waals surface area contributed by atoms with Crippen LogP contribution in [0.3, 0.4) is 0 Å². The normalized spacial score (nSPS) is 21.4. The fourth-order valence-electron chi connectivity index (χ4n) is 2.64. The monoisotopic (exact) mass is 250 g/mol. The first kappa shape index (κ1) is 12.4. The predicted molar refractivity (Wildman–Crippen MR) is 62.8 cm³/mol. The molecule has 1 aliphatic carbocycles. The Bertz CT molecular complexity index is 494. The average Bonchev–Trinajstić information content (AvgIpc) is 2.67. The molecule has 2 rings (SSSR count). The maximum absolute atomic E-state index is 11.2. The number of rotatable bonds is 4. The zero-order valence-corrected chi connectivity index (χ0v) is 9.92. The number of aliphatic carboxylic acids is 2. The first-order valence-electron chi connectivity index (χ1n) is 5.65. The fourth-order valence-corrected chi connectivity index (χ4v) is 2.64. The Hall–Kier alpha value is -2.04. The van der Waals surface area contributed by atoms with Gasteiger partial charge in [-0.1, -0.05) is 12.1 Å². The summed E-state index contributed by atoms with van der Waals surface area (Å²) in [5.41, 5.74) is 1.60. The minimum absolute atomic E-state index is 0.190. The summed E-state index contributed by atoms with van der Waals surface area (Å²) in [4.78, 5) is 22.1. The van der Waals surface area contributed by atoms with Crippen molar-refractivity contribution < 1.29 is 24.5 Å². The van der Waals surface area contributed by atoms with Crippen molar-refractivity contribution in [3.05, 3.63) is 29.3 Å². The molecule has 0 heterocycles. The van der Waals surface area contributed by atoms with Crippen molar-refractivity contribution in [2.24, 2.45) is 5.92 Å². The zero-order chi connectivity index (χ0) is 13.3. The van der Waals surface area contributed by atoms with Crippen LogP contribution in [-0.4, -0.2) is 29.3 Å². The van der Waals surface area contributed by atoms with Crippen LogP contribution < -0.4 is 4.74 Å². The van der Waals surface area contributed by atoms with E-state index in [2.05, 4.69) is 0 Å². The molecule has 18 heavy (non-hydrogen) atoms. The van der Waals surface area contributed by atoms with Crippen molar-refractivity contribution in [2.75, 3.05) is 7.11 Å². The molecule has 1 aromatic rings. The van der Waals surface area contributed by atoms with E-state index in [1.807, 2.05) is 6.07 Å². The number of methoxy groups -OCH3 is 1. The number of carboxylic acid groups (broad SMARTS) is 2. The number of carboxylic acids is 2. The van der Waals surface area contributed by atoms with Gasteiger partial charge in [-0.25, -0.2) is 0 Å². The van der Waals surface area contributed by atoms with Crippen LogP contribution in [0.15, 0.2) is 18.2 Å². The number of ether oxygens (including phenoxy) is 1. The molecule has 0 bridgehead atoms. The lowest BCUT2D eigenvalue weighted by molar-refractivity contribution is -0.143. The Balaban J connectivity index is 2.46. The molecule has 0 spiro atoms. The highest BCUT2D eigenvalue weighted by Gasteiger charge is 2.40. The summed E-state index contributed by atoms with van der Waals surface area (Å²) >= 11 is 0. The van der Waals surface area contributed by atoms with Gasteiger partial charge in [-0.2, -0.15) is 0 Å². The van der Waals surface area contributed by atoms with Gasteiger partial charge in [0.25, 0.3) is 0 Å². The Morgan fingerprint density at radius 3 is 2.67 bits per heavy atom. The first-order valence-corrected chi connectivity index (χ1v) is 5.65. The van der Waals surface area contributed by atoms with Crippen molar-refractivity contribution in [3.63, 3.8) is 0 Å². The lowest BCUT2D eigenvalue weighted by atomic mass is 9.89. The van der Waals surface area contributed by atoms with Gasteiger partial charge in [0.15, 0.2) is 0 Å². The molecule has 0 aromatic heterocycles. The highest BCUT2D eigenvalue weighted by molar-refractivity contribution is 5.77. The minimum Gasteiger partial charge on any atom is -0.496 e. The molecule has 1 aromatic carbocycles. The fraction of sp³-hybridized carbons (Fsp3) is 0.385. The van der Waals surface area contributed by atoms with E-state index in [0.717, 1.165) is 11.1 Å². The summed E-state index contributed by atoms with van der Waals surface area (Å²) in [6.45, 7) is 0. The van der Waals surface area contributed by atoms with E-state index in [4.69, 9.17) is 9.84 Å². The van der Waals surface area contributed by atoms with Gasteiger partial charge in [-0.3, -0.25) is 9.59 Å². The van der Waals surface area contributed by atoms with Crippen LogP contribution in [0.2, 0.25) is 0 Å². The van der Waals surface area contributed by atoms with Gasteiger partial charge in [-0.05, 0) is 18.1 Å². The molecule has 0 saturated carbocycles. The average molecular weight is 250 g/mol. The maximum atomic E-state index is 11.2. The molecule has 5 heteroatoms. The molecule has 2 atom stereocenters. The third-order valence-corrected chi connectivity index (χ3v) is 3.38. The predicted octanol–water partition coefficient (Wildman–Crippen LogP) is 1.51. The molecule has 0 fully saturated rings. The number of fused-ring (bicyclic) bond motifs is 1. The van der Waals surface area contributed by atoms with Crippen LogP contribution in [0.4, 0.5) is 0 Å². The smallest absolute Gasteiger partial charge is 0.307 e. The number of benzene rings is 1. The number of hydrogen-bond donors (Lipinski definition) is 2. The lowest BCUT2D eigenvalue weighted by Crippen LogP contribution is -2.21. The second-order valence-corrected chi connectivity index (χ2v) is 4.39. The summed E-state index contributed by atoms with van der Waals surface area (Å²) in [6, 6.07) is 5.35. The van der Waals surface area contributed by atoms with E-state index in [1.54, 1.807) is 12.1 Å². The van der Waals surface area contributed by atoms with Crippen LogP contribution in [0.25, 0.3) is 0 Å². The topological polar surface area (TPSA) is 83.8 Å². The maximum Gasteiger partial charge on any atom is 0.307 e. The number of hydrogen-bond acceptors (Lipinski definition) is 3. The van der Waals surface area contributed by atoms with Crippen LogP contribution in [0, 0.1) is 5.92 Å². The van der Waals surface area contributed by atoms with Crippen LogP contribution >= 0.6 is 0 Å². The molecule has 1 aliphatic rings. The molecular formula is C13H14O5. The third kappa shape index (κ3) is 2.03. The summed E-state index contributed by atoms with van der Waals surface area (Å²) in [5.74, 6) is -2.59. The quantitative estimate of drug-likeness (QED) is 0.846.